The number of hydrogen-bond acceptors (Lipinski definition) is 3. The Bertz CT molecular complexity index is 363. The molecular weight excluding hydrogens is 218 g/mol. The lowest BCUT2D eigenvalue weighted by molar-refractivity contribution is 0.168. The van der Waals surface area contributed by atoms with Crippen molar-refractivity contribution in [2.24, 2.45) is 0 Å². The maximum absolute atomic E-state index is 10.8. The van der Waals surface area contributed by atoms with Crippen LogP contribution in [0.5, 0.6) is 5.75 Å². The van der Waals surface area contributed by atoms with Gasteiger partial charge in [-0.2, -0.15) is 0 Å². The van der Waals surface area contributed by atoms with Gasteiger partial charge in [0.25, 0.3) is 0 Å². The number of carbonyl (C=O) groups is 1. The minimum absolute atomic E-state index is 0.427. The van der Waals surface area contributed by atoms with E-state index in [1.54, 1.807) is 0 Å². The molecule has 0 aliphatic heterocycles. The molecule has 94 valence electrons. The highest BCUT2D eigenvalue weighted by Crippen LogP contribution is 2.19. The van der Waals surface area contributed by atoms with E-state index in [2.05, 4.69) is 30.0 Å². The van der Waals surface area contributed by atoms with Crippen LogP contribution in [-0.4, -0.2) is 26.4 Å². The number of methoxy groups -OCH3 is 1. The van der Waals surface area contributed by atoms with Gasteiger partial charge in [0.15, 0.2) is 0 Å². The van der Waals surface area contributed by atoms with Crippen molar-refractivity contribution in [1.82, 2.24) is 5.32 Å². The number of amides is 1. The van der Waals surface area contributed by atoms with Crippen LogP contribution in [0.15, 0.2) is 24.3 Å². The Morgan fingerprint density at radius 3 is 2.82 bits per heavy atom. The molecule has 4 heteroatoms. The van der Waals surface area contributed by atoms with Gasteiger partial charge in [0.2, 0.25) is 0 Å². The highest BCUT2D eigenvalue weighted by Gasteiger charge is 2.01. The highest BCUT2D eigenvalue weighted by atomic mass is 16.5. The predicted molar refractivity (Wildman–Crippen MR) is 66.4 cm³/mol. The van der Waals surface area contributed by atoms with Gasteiger partial charge >= 0.3 is 6.09 Å². The number of ether oxygens (including phenoxy) is 2. The topological polar surface area (TPSA) is 47.6 Å². The maximum atomic E-state index is 10.8. The SMILES string of the molecule is COC(=O)NCCOc1cccc(C(C)C)c1. The van der Waals surface area contributed by atoms with Crippen molar-refractivity contribution in [3.63, 3.8) is 0 Å². The molecule has 17 heavy (non-hydrogen) atoms. The van der Waals surface area contributed by atoms with Crippen LogP contribution in [0.25, 0.3) is 0 Å². The fourth-order valence-electron chi connectivity index (χ4n) is 1.36. The molecule has 1 N–H and O–H groups in total. The van der Waals surface area contributed by atoms with Gasteiger partial charge in [-0.05, 0) is 23.6 Å². The minimum atomic E-state index is -0.440. The van der Waals surface area contributed by atoms with Gasteiger partial charge in [0, 0.05) is 0 Å². The molecule has 0 saturated heterocycles. The first-order chi connectivity index (χ1) is 8.13. The van der Waals surface area contributed by atoms with Gasteiger partial charge in [-0.15, -0.1) is 0 Å². The summed E-state index contributed by atoms with van der Waals surface area (Å²) in [5, 5.41) is 2.55. The van der Waals surface area contributed by atoms with Crippen LogP contribution >= 0.6 is 0 Å². The number of carbonyl (C=O) groups excluding carboxylic acids is 1. The summed E-state index contributed by atoms with van der Waals surface area (Å²) in [4.78, 5) is 10.8. The summed E-state index contributed by atoms with van der Waals surface area (Å²) in [7, 11) is 1.34. The van der Waals surface area contributed by atoms with Crippen molar-refractivity contribution in [2.45, 2.75) is 19.8 Å². The van der Waals surface area contributed by atoms with E-state index in [0.29, 0.717) is 19.1 Å². The molecule has 0 aliphatic rings. The first-order valence-electron chi connectivity index (χ1n) is 5.68. The third kappa shape index (κ3) is 4.76. The Balaban J connectivity index is 2.36. The van der Waals surface area contributed by atoms with Gasteiger partial charge in [0.1, 0.15) is 12.4 Å². The maximum Gasteiger partial charge on any atom is 0.406 e. The molecule has 0 spiro atoms. The molecule has 0 unspecified atom stereocenters. The monoisotopic (exact) mass is 237 g/mol. The molecule has 1 aromatic rings. The number of alkyl carbamates (subject to hydrolysis) is 1. The smallest absolute Gasteiger partial charge is 0.406 e. The molecule has 1 amide bonds. The average Bonchev–Trinajstić information content (AvgIpc) is 2.34. The molecule has 0 atom stereocenters. The lowest BCUT2D eigenvalue weighted by atomic mass is 10.0. The van der Waals surface area contributed by atoms with Crippen LogP contribution in [0.3, 0.4) is 0 Å². The van der Waals surface area contributed by atoms with Crippen LogP contribution in [0.4, 0.5) is 4.79 Å². The quantitative estimate of drug-likeness (QED) is 0.800. The second-order valence-electron chi connectivity index (χ2n) is 3.99. The predicted octanol–water partition coefficient (Wildman–Crippen LogP) is 2.54. The summed E-state index contributed by atoms with van der Waals surface area (Å²) in [6, 6.07) is 7.97. The Kier molecular flexibility index (Phi) is 5.33. The van der Waals surface area contributed by atoms with Gasteiger partial charge in [0.05, 0.1) is 13.7 Å². The number of hydrogen-bond donors (Lipinski definition) is 1. The zero-order chi connectivity index (χ0) is 12.7. The van der Waals surface area contributed by atoms with E-state index in [1.165, 1.54) is 12.7 Å². The highest BCUT2D eigenvalue weighted by molar-refractivity contribution is 5.66. The van der Waals surface area contributed by atoms with Crippen LogP contribution in [0.1, 0.15) is 25.3 Å². The lowest BCUT2D eigenvalue weighted by Crippen LogP contribution is -2.27. The second-order valence-corrected chi connectivity index (χ2v) is 3.99. The summed E-state index contributed by atoms with van der Waals surface area (Å²) in [5.74, 6) is 1.30. The number of benzene rings is 1. The summed E-state index contributed by atoms with van der Waals surface area (Å²) in [6.45, 7) is 5.13. The van der Waals surface area contributed by atoms with Crippen molar-refractivity contribution < 1.29 is 14.3 Å². The van der Waals surface area contributed by atoms with E-state index in [0.717, 1.165) is 5.75 Å². The number of nitrogens with one attached hydrogen (secondary N) is 1. The Morgan fingerprint density at radius 2 is 2.18 bits per heavy atom. The molecule has 4 nitrogen and oxygen atoms in total. The molecule has 0 aromatic heterocycles. The van der Waals surface area contributed by atoms with Gasteiger partial charge in [-0.25, -0.2) is 4.79 Å². The Hall–Kier alpha value is -1.71. The van der Waals surface area contributed by atoms with Crippen LogP contribution in [-0.2, 0) is 4.74 Å². The summed E-state index contributed by atoms with van der Waals surface area (Å²) >= 11 is 0. The van der Waals surface area contributed by atoms with Gasteiger partial charge < -0.3 is 14.8 Å². The van der Waals surface area contributed by atoms with E-state index >= 15 is 0 Å². The van der Waals surface area contributed by atoms with Crippen molar-refractivity contribution in [3.8, 4) is 5.75 Å². The molecule has 0 aliphatic carbocycles. The largest absolute Gasteiger partial charge is 0.492 e. The molecule has 0 fully saturated rings. The van der Waals surface area contributed by atoms with E-state index in [9.17, 15) is 4.79 Å². The third-order valence-corrected chi connectivity index (χ3v) is 2.35. The average molecular weight is 237 g/mol. The van der Waals surface area contributed by atoms with E-state index in [1.807, 2.05) is 18.2 Å². The third-order valence-electron chi connectivity index (χ3n) is 2.35. The fraction of sp³-hybridized carbons (Fsp3) is 0.462. The van der Waals surface area contributed by atoms with Gasteiger partial charge in [-0.1, -0.05) is 26.0 Å². The molecule has 1 aromatic carbocycles. The van der Waals surface area contributed by atoms with Crippen molar-refractivity contribution >= 4 is 6.09 Å². The lowest BCUT2D eigenvalue weighted by Gasteiger charge is -2.10. The standard InChI is InChI=1S/C13H19NO3/c1-10(2)11-5-4-6-12(9-11)17-8-7-14-13(15)16-3/h4-6,9-10H,7-8H2,1-3H3,(H,14,15). The van der Waals surface area contributed by atoms with Crippen LogP contribution < -0.4 is 10.1 Å². The Labute approximate surface area is 102 Å². The molecular formula is C13H19NO3. The normalized spacial score (nSPS) is 10.1. The second kappa shape index (κ2) is 6.78. The van der Waals surface area contributed by atoms with E-state index < -0.39 is 6.09 Å². The first kappa shape index (κ1) is 13.4. The molecule has 0 radical (unpaired) electrons. The molecule has 0 heterocycles. The molecule has 0 bridgehead atoms. The minimum Gasteiger partial charge on any atom is -0.492 e. The zero-order valence-corrected chi connectivity index (χ0v) is 10.5. The fourth-order valence-corrected chi connectivity index (χ4v) is 1.36. The summed E-state index contributed by atoms with van der Waals surface area (Å²) < 4.78 is 9.97. The summed E-state index contributed by atoms with van der Waals surface area (Å²) in [6.07, 6.45) is -0.440. The Morgan fingerprint density at radius 1 is 1.41 bits per heavy atom. The van der Waals surface area contributed by atoms with E-state index in [4.69, 9.17) is 4.74 Å². The summed E-state index contributed by atoms with van der Waals surface area (Å²) in [5.41, 5.74) is 1.24. The van der Waals surface area contributed by atoms with Crippen LogP contribution in [0.2, 0.25) is 0 Å². The zero-order valence-electron chi connectivity index (χ0n) is 10.5. The van der Waals surface area contributed by atoms with Crippen molar-refractivity contribution in [3.05, 3.63) is 29.8 Å². The van der Waals surface area contributed by atoms with Crippen molar-refractivity contribution in [2.75, 3.05) is 20.3 Å². The molecule has 0 saturated carbocycles. The molecule has 1 rings (SSSR count). The van der Waals surface area contributed by atoms with E-state index in [-0.39, 0.29) is 0 Å². The van der Waals surface area contributed by atoms with Crippen molar-refractivity contribution in [1.29, 1.82) is 0 Å². The number of rotatable bonds is 5. The van der Waals surface area contributed by atoms with Crippen LogP contribution in [0, 0.1) is 0 Å². The first-order valence-corrected chi connectivity index (χ1v) is 5.68. The van der Waals surface area contributed by atoms with Gasteiger partial charge in [-0.3, -0.25) is 0 Å².